The third-order valence-electron chi connectivity index (χ3n) is 2.52. The van der Waals surface area contributed by atoms with Crippen molar-refractivity contribution < 1.29 is 13.2 Å². The maximum atomic E-state index is 11.8. The Morgan fingerprint density at radius 2 is 1.59 bits per heavy atom. The van der Waals surface area contributed by atoms with Gasteiger partial charge in [0.15, 0.2) is 0 Å². The van der Waals surface area contributed by atoms with Gasteiger partial charge in [-0.3, -0.25) is 0 Å². The number of nitrogens with one attached hydrogen (secondary N) is 1. The first kappa shape index (κ1) is 16.2. The molecule has 0 radical (unpaired) electrons. The highest BCUT2D eigenvalue weighted by Gasteiger charge is 2.25. The summed E-state index contributed by atoms with van der Waals surface area (Å²) in [6, 6.07) is 2.22. The molecule has 2 nitrogen and oxygen atoms in total. The van der Waals surface area contributed by atoms with Gasteiger partial charge in [0.1, 0.15) is 0 Å². The fraction of sp³-hybridized carbons (Fsp3) is 0.917. The number of rotatable bonds is 8. The largest absolute Gasteiger partial charge is 0.389 e. The van der Waals surface area contributed by atoms with Gasteiger partial charge in [-0.25, -0.2) is 0 Å². The van der Waals surface area contributed by atoms with Crippen LogP contribution in [0.25, 0.3) is 0 Å². The van der Waals surface area contributed by atoms with Crippen LogP contribution in [0.5, 0.6) is 0 Å². The molecule has 0 bridgehead atoms. The second kappa shape index (κ2) is 7.54. The van der Waals surface area contributed by atoms with Gasteiger partial charge >= 0.3 is 6.18 Å². The van der Waals surface area contributed by atoms with E-state index in [0.717, 1.165) is 25.8 Å². The van der Waals surface area contributed by atoms with E-state index in [1.54, 1.807) is 0 Å². The van der Waals surface area contributed by atoms with Crippen molar-refractivity contribution >= 4 is 0 Å². The summed E-state index contributed by atoms with van der Waals surface area (Å²) in [6.45, 7) is 4.91. The molecule has 0 aromatic rings. The molecule has 100 valence electrons. The zero-order valence-electron chi connectivity index (χ0n) is 10.5. The highest BCUT2D eigenvalue weighted by Crippen LogP contribution is 2.21. The van der Waals surface area contributed by atoms with Gasteiger partial charge in [0, 0.05) is 6.42 Å². The summed E-state index contributed by atoms with van der Waals surface area (Å²) in [5, 5.41) is 11.8. The highest BCUT2D eigenvalue weighted by atomic mass is 19.4. The molecule has 0 aliphatic heterocycles. The lowest BCUT2D eigenvalue weighted by atomic mass is 9.89. The number of hydrogen-bond donors (Lipinski definition) is 1. The van der Waals surface area contributed by atoms with Crippen molar-refractivity contribution in [2.45, 2.75) is 52.1 Å². The highest BCUT2D eigenvalue weighted by molar-refractivity contribution is 4.91. The maximum absolute atomic E-state index is 11.8. The maximum Gasteiger partial charge on any atom is 0.389 e. The van der Waals surface area contributed by atoms with Gasteiger partial charge in [-0.2, -0.15) is 18.4 Å². The Balaban J connectivity index is 3.29. The molecule has 17 heavy (non-hydrogen) atoms. The van der Waals surface area contributed by atoms with Crippen molar-refractivity contribution in [1.29, 1.82) is 5.26 Å². The molecule has 0 aliphatic carbocycles. The predicted molar refractivity (Wildman–Crippen MR) is 61.4 cm³/mol. The van der Waals surface area contributed by atoms with Crippen LogP contribution in [0, 0.1) is 16.7 Å². The fourth-order valence-corrected chi connectivity index (χ4v) is 1.41. The van der Waals surface area contributed by atoms with Gasteiger partial charge in [0.05, 0.1) is 11.5 Å². The Morgan fingerprint density at radius 1 is 1.00 bits per heavy atom. The van der Waals surface area contributed by atoms with Crippen LogP contribution in [0.1, 0.15) is 46.0 Å². The minimum Gasteiger partial charge on any atom is -0.317 e. The topological polar surface area (TPSA) is 35.8 Å². The van der Waals surface area contributed by atoms with Crippen molar-refractivity contribution in [2.75, 3.05) is 13.1 Å². The van der Waals surface area contributed by atoms with Gasteiger partial charge in [-0.15, -0.1) is 0 Å². The van der Waals surface area contributed by atoms with Crippen molar-refractivity contribution in [3.05, 3.63) is 0 Å². The average Bonchev–Trinajstić information content (AvgIpc) is 2.20. The molecular formula is C12H21F3N2. The number of alkyl halides is 3. The summed E-state index contributed by atoms with van der Waals surface area (Å²) in [5.41, 5.74) is -0.295. The molecule has 0 saturated carbocycles. The van der Waals surface area contributed by atoms with E-state index in [-0.39, 0.29) is 11.8 Å². The van der Waals surface area contributed by atoms with Crippen molar-refractivity contribution in [3.8, 4) is 6.07 Å². The van der Waals surface area contributed by atoms with Crippen LogP contribution in [-0.4, -0.2) is 19.3 Å². The average molecular weight is 250 g/mol. The Morgan fingerprint density at radius 3 is 2.12 bits per heavy atom. The Bertz CT molecular complexity index is 241. The van der Waals surface area contributed by atoms with Gasteiger partial charge < -0.3 is 5.32 Å². The molecule has 0 rings (SSSR count). The molecular weight excluding hydrogens is 229 g/mol. The molecule has 1 N–H and O–H groups in total. The summed E-state index contributed by atoms with van der Waals surface area (Å²) < 4.78 is 35.4. The minimum absolute atomic E-state index is 0.132. The predicted octanol–water partition coefficient (Wildman–Crippen LogP) is 3.64. The summed E-state index contributed by atoms with van der Waals surface area (Å²) in [5.74, 6) is 0. The van der Waals surface area contributed by atoms with Crippen molar-refractivity contribution in [3.63, 3.8) is 0 Å². The lowest BCUT2D eigenvalue weighted by molar-refractivity contribution is -0.135. The molecule has 0 aromatic heterocycles. The molecule has 0 aromatic carbocycles. The lowest BCUT2D eigenvalue weighted by Crippen LogP contribution is -2.19. The van der Waals surface area contributed by atoms with E-state index in [9.17, 15) is 13.2 Å². The van der Waals surface area contributed by atoms with Crippen LogP contribution < -0.4 is 5.32 Å². The third-order valence-corrected chi connectivity index (χ3v) is 2.52. The first-order valence-corrected chi connectivity index (χ1v) is 5.95. The number of hydrogen-bond acceptors (Lipinski definition) is 2. The molecule has 0 aliphatic rings. The van der Waals surface area contributed by atoms with Crippen LogP contribution >= 0.6 is 0 Å². The van der Waals surface area contributed by atoms with Gasteiger partial charge in [-0.1, -0.05) is 6.42 Å². The van der Waals surface area contributed by atoms with Crippen molar-refractivity contribution in [1.82, 2.24) is 5.32 Å². The SMILES string of the molecule is CC(C)(C#N)CCCCNCCCC(F)(F)F. The van der Waals surface area contributed by atoms with Gasteiger partial charge in [0.2, 0.25) is 0 Å². The van der Waals surface area contributed by atoms with Gasteiger partial charge in [-0.05, 0) is 46.2 Å². The summed E-state index contributed by atoms with van der Waals surface area (Å²) in [7, 11) is 0. The van der Waals surface area contributed by atoms with Crippen LogP contribution in [0.15, 0.2) is 0 Å². The standard InChI is InChI=1S/C12H21F3N2/c1-11(2,10-16)6-3-4-8-17-9-5-7-12(13,14)15/h17H,3-9H2,1-2H3. The third kappa shape index (κ3) is 11.5. The molecule has 0 amide bonds. The van der Waals surface area contributed by atoms with E-state index >= 15 is 0 Å². The summed E-state index contributed by atoms with van der Waals surface area (Å²) in [6.07, 6.45) is -1.98. The van der Waals surface area contributed by atoms with Crippen LogP contribution in [0.4, 0.5) is 13.2 Å². The minimum atomic E-state index is -4.04. The van der Waals surface area contributed by atoms with Crippen LogP contribution in [-0.2, 0) is 0 Å². The quantitative estimate of drug-likeness (QED) is 0.668. The molecule has 0 heterocycles. The fourth-order valence-electron chi connectivity index (χ4n) is 1.41. The number of nitriles is 1. The molecule has 0 atom stereocenters. The monoisotopic (exact) mass is 250 g/mol. The lowest BCUT2D eigenvalue weighted by Gasteiger charge is -2.14. The zero-order valence-corrected chi connectivity index (χ0v) is 10.5. The second-order valence-electron chi connectivity index (χ2n) is 4.92. The van der Waals surface area contributed by atoms with E-state index in [1.807, 2.05) is 13.8 Å². The van der Waals surface area contributed by atoms with E-state index in [0.29, 0.717) is 6.54 Å². The number of halogens is 3. The van der Waals surface area contributed by atoms with Crippen molar-refractivity contribution in [2.24, 2.45) is 5.41 Å². The van der Waals surface area contributed by atoms with Crippen LogP contribution in [0.2, 0.25) is 0 Å². The first-order valence-electron chi connectivity index (χ1n) is 5.95. The summed E-state index contributed by atoms with van der Waals surface area (Å²) >= 11 is 0. The molecule has 0 fully saturated rings. The van der Waals surface area contributed by atoms with E-state index < -0.39 is 12.6 Å². The van der Waals surface area contributed by atoms with Gasteiger partial charge in [0.25, 0.3) is 0 Å². The Labute approximate surface area is 101 Å². The number of nitrogens with zero attached hydrogens (tertiary/aromatic N) is 1. The Kier molecular flexibility index (Phi) is 7.21. The normalized spacial score (nSPS) is 12.5. The molecule has 0 saturated heterocycles. The smallest absolute Gasteiger partial charge is 0.317 e. The molecule has 5 heteroatoms. The Hall–Kier alpha value is -0.760. The summed E-state index contributed by atoms with van der Waals surface area (Å²) in [4.78, 5) is 0. The second-order valence-corrected chi connectivity index (χ2v) is 4.92. The first-order chi connectivity index (χ1) is 7.77. The zero-order chi connectivity index (χ0) is 13.4. The van der Waals surface area contributed by atoms with Crippen LogP contribution in [0.3, 0.4) is 0 Å². The van der Waals surface area contributed by atoms with E-state index in [1.165, 1.54) is 0 Å². The van der Waals surface area contributed by atoms with E-state index in [2.05, 4.69) is 11.4 Å². The molecule has 0 spiro atoms. The van der Waals surface area contributed by atoms with E-state index in [4.69, 9.17) is 5.26 Å². The number of unbranched alkanes of at least 4 members (excludes halogenated alkanes) is 1. The molecule has 0 unspecified atom stereocenters.